The normalized spacial score (nSPS) is 13.1. The molecule has 54 valence electrons. The largest absolute Gasteiger partial charge is 0.481 e. The molecule has 0 saturated heterocycles. The van der Waals surface area contributed by atoms with Crippen molar-refractivity contribution in [1.29, 1.82) is 0 Å². The molecule has 0 aliphatic rings. The number of aliphatic hydroxyl groups is 1. The molecule has 0 amide bonds. The number of carbonyl (C=O) groups is 1. The second kappa shape index (κ2) is 4.29. The Kier molecular flexibility index (Phi) is 4.00. The monoisotopic (exact) mass is 133 g/mol. The third-order valence-electron chi connectivity index (χ3n) is 0.891. The summed E-state index contributed by atoms with van der Waals surface area (Å²) in [5, 5.41) is 16.6. The van der Waals surface area contributed by atoms with Gasteiger partial charge in [-0.05, 0) is 12.8 Å². The molecule has 0 aliphatic heterocycles. The van der Waals surface area contributed by atoms with Gasteiger partial charge < -0.3 is 15.9 Å². The van der Waals surface area contributed by atoms with Gasteiger partial charge in [0.1, 0.15) is 6.23 Å². The quantitative estimate of drug-likeness (QED) is 0.452. The van der Waals surface area contributed by atoms with E-state index in [0.29, 0.717) is 12.8 Å². The molecule has 0 aliphatic carbocycles. The third kappa shape index (κ3) is 7.39. The predicted octanol–water partition coefficient (Wildman–Crippen LogP) is -0.482. The van der Waals surface area contributed by atoms with E-state index in [9.17, 15) is 4.79 Å². The summed E-state index contributed by atoms with van der Waals surface area (Å²) in [5.74, 6) is -0.851. The topological polar surface area (TPSA) is 83.5 Å². The molecule has 0 fully saturated rings. The highest BCUT2D eigenvalue weighted by Gasteiger charge is 1.98. The lowest BCUT2D eigenvalue weighted by atomic mass is 10.2. The third-order valence-corrected chi connectivity index (χ3v) is 0.891. The van der Waals surface area contributed by atoms with E-state index in [-0.39, 0.29) is 6.42 Å². The number of aliphatic carboxylic acids is 1. The summed E-state index contributed by atoms with van der Waals surface area (Å²) in [7, 11) is 0. The van der Waals surface area contributed by atoms with Crippen LogP contribution in [0.1, 0.15) is 19.3 Å². The van der Waals surface area contributed by atoms with Crippen LogP contribution in [0.15, 0.2) is 0 Å². The Morgan fingerprint density at radius 3 is 2.56 bits per heavy atom. The van der Waals surface area contributed by atoms with Crippen molar-refractivity contribution in [2.75, 3.05) is 0 Å². The van der Waals surface area contributed by atoms with Crippen LogP contribution < -0.4 is 5.73 Å². The Balaban J connectivity index is 3.01. The van der Waals surface area contributed by atoms with Crippen LogP contribution in [0.25, 0.3) is 0 Å². The molecule has 0 rings (SSSR count). The molecule has 0 aromatic rings. The van der Waals surface area contributed by atoms with Gasteiger partial charge in [0.15, 0.2) is 0 Å². The molecular weight excluding hydrogens is 122 g/mol. The molecule has 0 aromatic heterocycles. The summed E-state index contributed by atoms with van der Waals surface area (Å²) >= 11 is 0. The standard InChI is InChI=1S/C5H11NO3/c6-4(7)2-1-3-5(8)9/h4,7H,1-3,6H2,(H,8,9)/t4-/m0/s1. The van der Waals surface area contributed by atoms with Crippen molar-refractivity contribution >= 4 is 5.97 Å². The van der Waals surface area contributed by atoms with Crippen molar-refractivity contribution < 1.29 is 15.0 Å². The predicted molar refractivity (Wildman–Crippen MR) is 31.7 cm³/mol. The minimum absolute atomic E-state index is 0.0776. The van der Waals surface area contributed by atoms with Gasteiger partial charge in [0, 0.05) is 6.42 Å². The molecule has 0 radical (unpaired) electrons. The SMILES string of the molecule is N[C@@H](O)CCCC(=O)O. The van der Waals surface area contributed by atoms with Crippen molar-refractivity contribution in [2.24, 2.45) is 5.73 Å². The summed E-state index contributed by atoms with van der Waals surface area (Å²) in [4.78, 5) is 9.86. The molecule has 4 N–H and O–H groups in total. The van der Waals surface area contributed by atoms with Crippen molar-refractivity contribution in [1.82, 2.24) is 0 Å². The van der Waals surface area contributed by atoms with Gasteiger partial charge in [-0.3, -0.25) is 4.79 Å². The molecule has 1 atom stereocenters. The lowest BCUT2D eigenvalue weighted by Gasteiger charge is -1.99. The maximum absolute atomic E-state index is 9.86. The van der Waals surface area contributed by atoms with Gasteiger partial charge in [-0.1, -0.05) is 0 Å². The summed E-state index contributed by atoms with van der Waals surface area (Å²) < 4.78 is 0. The van der Waals surface area contributed by atoms with Crippen molar-refractivity contribution in [2.45, 2.75) is 25.5 Å². The zero-order valence-electron chi connectivity index (χ0n) is 5.08. The van der Waals surface area contributed by atoms with Crippen molar-refractivity contribution in [3.8, 4) is 0 Å². The van der Waals surface area contributed by atoms with Crippen LogP contribution >= 0.6 is 0 Å². The number of rotatable bonds is 4. The zero-order chi connectivity index (χ0) is 7.28. The van der Waals surface area contributed by atoms with Gasteiger partial charge in [0.05, 0.1) is 0 Å². The van der Waals surface area contributed by atoms with Gasteiger partial charge in [-0.15, -0.1) is 0 Å². The van der Waals surface area contributed by atoms with Crippen LogP contribution in [-0.2, 0) is 4.79 Å². The van der Waals surface area contributed by atoms with E-state index >= 15 is 0 Å². The molecule has 4 nitrogen and oxygen atoms in total. The van der Waals surface area contributed by atoms with E-state index in [1.807, 2.05) is 0 Å². The van der Waals surface area contributed by atoms with Crippen LogP contribution in [0, 0.1) is 0 Å². The lowest BCUT2D eigenvalue weighted by molar-refractivity contribution is -0.137. The minimum Gasteiger partial charge on any atom is -0.481 e. The first-order valence-electron chi connectivity index (χ1n) is 2.78. The fraction of sp³-hybridized carbons (Fsp3) is 0.800. The molecule has 0 spiro atoms. The molecule has 9 heavy (non-hydrogen) atoms. The second-order valence-electron chi connectivity index (χ2n) is 1.85. The Morgan fingerprint density at radius 1 is 1.67 bits per heavy atom. The van der Waals surface area contributed by atoms with Gasteiger partial charge >= 0.3 is 5.97 Å². The molecule has 0 unspecified atom stereocenters. The van der Waals surface area contributed by atoms with Crippen LogP contribution in [0.5, 0.6) is 0 Å². The fourth-order valence-corrected chi connectivity index (χ4v) is 0.462. The summed E-state index contributed by atoms with van der Waals surface area (Å²) in [5.41, 5.74) is 4.94. The van der Waals surface area contributed by atoms with E-state index < -0.39 is 12.2 Å². The Labute approximate surface area is 53.3 Å². The highest BCUT2D eigenvalue weighted by Crippen LogP contribution is 1.95. The maximum atomic E-state index is 9.86. The summed E-state index contributed by atoms with van der Waals surface area (Å²) in [6, 6.07) is 0. The van der Waals surface area contributed by atoms with Crippen LogP contribution in [0.3, 0.4) is 0 Å². The van der Waals surface area contributed by atoms with E-state index in [1.54, 1.807) is 0 Å². The Morgan fingerprint density at radius 2 is 2.22 bits per heavy atom. The zero-order valence-corrected chi connectivity index (χ0v) is 5.08. The fourth-order valence-electron chi connectivity index (χ4n) is 0.462. The first-order chi connectivity index (χ1) is 4.13. The number of hydrogen-bond donors (Lipinski definition) is 3. The average Bonchev–Trinajstić information content (AvgIpc) is 1.63. The minimum atomic E-state index is -0.871. The van der Waals surface area contributed by atoms with Crippen LogP contribution in [-0.4, -0.2) is 22.4 Å². The lowest BCUT2D eigenvalue weighted by Crippen LogP contribution is -2.18. The van der Waals surface area contributed by atoms with Crippen LogP contribution in [0.4, 0.5) is 0 Å². The second-order valence-corrected chi connectivity index (χ2v) is 1.85. The first kappa shape index (κ1) is 8.39. The maximum Gasteiger partial charge on any atom is 0.303 e. The van der Waals surface area contributed by atoms with Gasteiger partial charge in [-0.2, -0.15) is 0 Å². The highest BCUT2D eigenvalue weighted by molar-refractivity contribution is 5.66. The molecule has 0 heterocycles. The van der Waals surface area contributed by atoms with Gasteiger partial charge in [-0.25, -0.2) is 0 Å². The molecule has 4 heteroatoms. The molecule has 0 saturated carbocycles. The Bertz CT molecular complexity index is 92.2. The highest BCUT2D eigenvalue weighted by atomic mass is 16.4. The average molecular weight is 133 g/mol. The smallest absolute Gasteiger partial charge is 0.303 e. The number of nitrogens with two attached hydrogens (primary N) is 1. The number of hydrogen-bond acceptors (Lipinski definition) is 3. The number of carboxylic acids is 1. The number of aliphatic hydroxyl groups excluding tert-OH is 1. The van der Waals surface area contributed by atoms with E-state index in [1.165, 1.54) is 0 Å². The van der Waals surface area contributed by atoms with Crippen molar-refractivity contribution in [3.05, 3.63) is 0 Å². The van der Waals surface area contributed by atoms with E-state index in [2.05, 4.69) is 0 Å². The molecule has 0 aromatic carbocycles. The molecule has 0 bridgehead atoms. The first-order valence-corrected chi connectivity index (χ1v) is 2.78. The van der Waals surface area contributed by atoms with E-state index in [4.69, 9.17) is 15.9 Å². The summed E-state index contributed by atoms with van der Waals surface area (Å²) in [6.07, 6.45) is -0.00236. The van der Waals surface area contributed by atoms with Crippen LogP contribution in [0.2, 0.25) is 0 Å². The summed E-state index contributed by atoms with van der Waals surface area (Å²) in [6.45, 7) is 0. The van der Waals surface area contributed by atoms with E-state index in [0.717, 1.165) is 0 Å². The van der Waals surface area contributed by atoms with Crippen molar-refractivity contribution in [3.63, 3.8) is 0 Å². The van der Waals surface area contributed by atoms with Gasteiger partial charge in [0.25, 0.3) is 0 Å². The molecular formula is C5H11NO3. The number of carboxylic acid groups (broad SMARTS) is 1. The Hall–Kier alpha value is -0.610. The van der Waals surface area contributed by atoms with Gasteiger partial charge in [0.2, 0.25) is 0 Å².